The first kappa shape index (κ1) is 6.09. The Morgan fingerprint density at radius 1 is 1.36 bits per heavy atom. The van der Waals surface area contributed by atoms with Crippen LogP contribution in [0.2, 0.25) is 0 Å². The fourth-order valence-electron chi connectivity index (χ4n) is 0.951. The summed E-state index contributed by atoms with van der Waals surface area (Å²) in [5.41, 5.74) is 0.433. The summed E-state index contributed by atoms with van der Waals surface area (Å²) in [6.07, 6.45) is 0. The van der Waals surface area contributed by atoms with Crippen molar-refractivity contribution in [1.82, 2.24) is 0 Å². The maximum atomic E-state index is 9.12. The SMILES string of the molecule is Oc1oc2ccc[c]c2c1O. The number of furan rings is 1. The minimum atomic E-state index is -0.456. The number of aromatic hydroxyl groups is 2. The lowest BCUT2D eigenvalue weighted by molar-refractivity contribution is 0.316. The van der Waals surface area contributed by atoms with Crippen LogP contribution in [0.25, 0.3) is 11.0 Å². The van der Waals surface area contributed by atoms with E-state index in [1.54, 1.807) is 18.2 Å². The highest BCUT2D eigenvalue weighted by atomic mass is 16.5. The van der Waals surface area contributed by atoms with Gasteiger partial charge in [-0.15, -0.1) is 0 Å². The van der Waals surface area contributed by atoms with Crippen LogP contribution in [0.1, 0.15) is 0 Å². The first-order valence-corrected chi connectivity index (χ1v) is 3.10. The summed E-state index contributed by atoms with van der Waals surface area (Å²) < 4.78 is 4.77. The van der Waals surface area contributed by atoms with Crippen molar-refractivity contribution < 1.29 is 14.6 Å². The van der Waals surface area contributed by atoms with E-state index in [-0.39, 0.29) is 5.75 Å². The fraction of sp³-hybridized carbons (Fsp3) is 0. The topological polar surface area (TPSA) is 53.6 Å². The average Bonchev–Trinajstić information content (AvgIpc) is 2.30. The number of hydrogen-bond donors (Lipinski definition) is 2. The van der Waals surface area contributed by atoms with Gasteiger partial charge in [-0.25, -0.2) is 0 Å². The summed E-state index contributed by atoms with van der Waals surface area (Å²) in [5, 5.41) is 18.4. The molecule has 0 amide bonds. The van der Waals surface area contributed by atoms with Gasteiger partial charge in [-0.2, -0.15) is 0 Å². The molecule has 2 aromatic rings. The lowest BCUT2D eigenvalue weighted by atomic mass is 10.2. The molecule has 0 aliphatic heterocycles. The highest BCUT2D eigenvalue weighted by Gasteiger charge is 2.10. The summed E-state index contributed by atoms with van der Waals surface area (Å²) >= 11 is 0. The third kappa shape index (κ3) is 0.741. The van der Waals surface area contributed by atoms with Crippen molar-refractivity contribution in [3.05, 3.63) is 24.3 Å². The second-order valence-electron chi connectivity index (χ2n) is 2.17. The predicted molar refractivity (Wildman–Crippen MR) is 38.4 cm³/mol. The second kappa shape index (κ2) is 1.92. The molecular formula is C8H5O3. The standard InChI is InChI=1S/C8H5O3/c9-7-5-3-1-2-4-6(5)11-8(7)10/h1-2,4,9-10H. The molecule has 0 atom stereocenters. The highest BCUT2D eigenvalue weighted by molar-refractivity contribution is 5.85. The number of rotatable bonds is 0. The van der Waals surface area contributed by atoms with E-state index < -0.39 is 5.95 Å². The Morgan fingerprint density at radius 3 is 2.91 bits per heavy atom. The van der Waals surface area contributed by atoms with Crippen LogP contribution in [0, 0.1) is 6.07 Å². The van der Waals surface area contributed by atoms with E-state index in [0.29, 0.717) is 11.0 Å². The fourth-order valence-corrected chi connectivity index (χ4v) is 0.951. The van der Waals surface area contributed by atoms with Crippen LogP contribution < -0.4 is 0 Å². The van der Waals surface area contributed by atoms with Gasteiger partial charge >= 0.3 is 5.95 Å². The van der Waals surface area contributed by atoms with Gasteiger partial charge in [0.2, 0.25) is 5.75 Å². The molecule has 0 saturated heterocycles. The molecule has 0 bridgehead atoms. The zero-order valence-electron chi connectivity index (χ0n) is 5.53. The Balaban J connectivity index is 2.92. The molecule has 0 unspecified atom stereocenters. The summed E-state index contributed by atoms with van der Waals surface area (Å²) in [6.45, 7) is 0. The molecule has 0 aliphatic rings. The Kier molecular flexibility index (Phi) is 1.06. The van der Waals surface area contributed by atoms with E-state index >= 15 is 0 Å². The molecule has 0 fully saturated rings. The van der Waals surface area contributed by atoms with Gasteiger partial charge < -0.3 is 14.6 Å². The highest BCUT2D eigenvalue weighted by Crippen LogP contribution is 2.35. The van der Waals surface area contributed by atoms with Gasteiger partial charge in [0, 0.05) is 0 Å². The van der Waals surface area contributed by atoms with Crippen LogP contribution in [-0.2, 0) is 0 Å². The monoisotopic (exact) mass is 149 g/mol. The minimum absolute atomic E-state index is 0.249. The van der Waals surface area contributed by atoms with Gasteiger partial charge in [-0.1, -0.05) is 12.1 Å². The lowest BCUT2D eigenvalue weighted by Gasteiger charge is -1.82. The molecule has 1 aromatic carbocycles. The van der Waals surface area contributed by atoms with Crippen molar-refractivity contribution in [1.29, 1.82) is 0 Å². The second-order valence-corrected chi connectivity index (χ2v) is 2.17. The van der Waals surface area contributed by atoms with Gasteiger partial charge in [0.1, 0.15) is 5.58 Å². The Hall–Kier alpha value is -1.64. The third-order valence-corrected chi connectivity index (χ3v) is 1.46. The van der Waals surface area contributed by atoms with Crippen LogP contribution in [0.3, 0.4) is 0 Å². The van der Waals surface area contributed by atoms with E-state index in [1.165, 1.54) is 0 Å². The zero-order chi connectivity index (χ0) is 7.84. The summed E-state index contributed by atoms with van der Waals surface area (Å²) in [4.78, 5) is 0. The molecule has 1 aromatic heterocycles. The van der Waals surface area contributed by atoms with E-state index in [1.807, 2.05) is 0 Å². The molecule has 2 N–H and O–H groups in total. The molecule has 1 heterocycles. The molecular weight excluding hydrogens is 144 g/mol. The van der Waals surface area contributed by atoms with Crippen molar-refractivity contribution in [2.75, 3.05) is 0 Å². The maximum absolute atomic E-state index is 9.12. The summed E-state index contributed by atoms with van der Waals surface area (Å²) in [6, 6.07) is 7.73. The molecule has 0 spiro atoms. The van der Waals surface area contributed by atoms with Crippen molar-refractivity contribution in [3.8, 4) is 11.7 Å². The van der Waals surface area contributed by atoms with Crippen LogP contribution in [-0.4, -0.2) is 10.2 Å². The largest absolute Gasteiger partial charge is 0.501 e. The first-order chi connectivity index (χ1) is 5.29. The molecule has 1 radical (unpaired) electrons. The normalized spacial score (nSPS) is 10.5. The Morgan fingerprint density at radius 2 is 2.18 bits per heavy atom. The van der Waals surface area contributed by atoms with E-state index in [0.717, 1.165) is 0 Å². The third-order valence-electron chi connectivity index (χ3n) is 1.46. The first-order valence-electron chi connectivity index (χ1n) is 3.10. The van der Waals surface area contributed by atoms with E-state index in [9.17, 15) is 0 Å². The van der Waals surface area contributed by atoms with E-state index in [2.05, 4.69) is 6.07 Å². The maximum Gasteiger partial charge on any atom is 0.327 e. The summed E-state index contributed by atoms with van der Waals surface area (Å²) in [7, 11) is 0. The van der Waals surface area contributed by atoms with Crippen molar-refractivity contribution in [3.63, 3.8) is 0 Å². The molecule has 0 saturated carbocycles. The number of benzene rings is 1. The summed E-state index contributed by atoms with van der Waals surface area (Å²) in [5.74, 6) is -0.706. The van der Waals surface area contributed by atoms with Gasteiger partial charge in [0.25, 0.3) is 0 Å². The molecule has 3 heteroatoms. The molecule has 2 rings (SSSR count). The smallest absolute Gasteiger partial charge is 0.327 e. The zero-order valence-corrected chi connectivity index (χ0v) is 5.53. The van der Waals surface area contributed by atoms with Gasteiger partial charge in [-0.05, 0) is 12.1 Å². The van der Waals surface area contributed by atoms with E-state index in [4.69, 9.17) is 14.6 Å². The van der Waals surface area contributed by atoms with Crippen LogP contribution >= 0.6 is 0 Å². The molecule has 11 heavy (non-hydrogen) atoms. The lowest BCUT2D eigenvalue weighted by Crippen LogP contribution is -1.61. The average molecular weight is 149 g/mol. The van der Waals surface area contributed by atoms with Crippen molar-refractivity contribution in [2.45, 2.75) is 0 Å². The Labute approximate surface area is 62.5 Å². The van der Waals surface area contributed by atoms with Crippen LogP contribution in [0.4, 0.5) is 0 Å². The Bertz CT molecular complexity index is 389. The molecule has 3 nitrogen and oxygen atoms in total. The number of fused-ring (bicyclic) bond motifs is 1. The minimum Gasteiger partial charge on any atom is -0.501 e. The van der Waals surface area contributed by atoms with Gasteiger partial charge in [0.05, 0.1) is 5.39 Å². The molecule has 55 valence electrons. The van der Waals surface area contributed by atoms with Gasteiger partial charge in [-0.3, -0.25) is 0 Å². The van der Waals surface area contributed by atoms with Crippen molar-refractivity contribution in [2.24, 2.45) is 0 Å². The van der Waals surface area contributed by atoms with Crippen LogP contribution in [0.5, 0.6) is 11.7 Å². The molecule has 0 aliphatic carbocycles. The predicted octanol–water partition coefficient (Wildman–Crippen LogP) is 1.64. The van der Waals surface area contributed by atoms with Gasteiger partial charge in [0.15, 0.2) is 0 Å². The number of hydrogen-bond acceptors (Lipinski definition) is 3. The quantitative estimate of drug-likeness (QED) is 0.598. The van der Waals surface area contributed by atoms with Crippen LogP contribution in [0.15, 0.2) is 22.6 Å². The van der Waals surface area contributed by atoms with Crippen molar-refractivity contribution >= 4 is 11.0 Å².